The van der Waals surface area contributed by atoms with Crippen molar-refractivity contribution in [1.29, 1.82) is 0 Å². The van der Waals surface area contributed by atoms with E-state index in [1.807, 2.05) is 0 Å². The SMILES string of the molecule is CN(C)C(=O)CCNC(=O)NCc1ccccc1OC(F)(F)F. The summed E-state index contributed by atoms with van der Waals surface area (Å²) in [6.45, 7) is -0.0107. The maximum Gasteiger partial charge on any atom is 0.573 e. The lowest BCUT2D eigenvalue weighted by atomic mass is 10.2. The first-order valence-electron chi connectivity index (χ1n) is 6.74. The van der Waals surface area contributed by atoms with Crippen LogP contribution < -0.4 is 15.4 Å². The van der Waals surface area contributed by atoms with Gasteiger partial charge in [0.05, 0.1) is 0 Å². The minimum Gasteiger partial charge on any atom is -0.405 e. The molecule has 0 aromatic heterocycles. The molecule has 0 unspecified atom stereocenters. The number of amides is 3. The van der Waals surface area contributed by atoms with Crippen LogP contribution in [0.2, 0.25) is 0 Å². The fourth-order valence-corrected chi connectivity index (χ4v) is 1.62. The van der Waals surface area contributed by atoms with Crippen molar-refractivity contribution in [3.05, 3.63) is 29.8 Å². The Morgan fingerprint density at radius 1 is 1.17 bits per heavy atom. The minimum absolute atomic E-state index is 0.129. The summed E-state index contributed by atoms with van der Waals surface area (Å²) in [7, 11) is 3.19. The molecule has 6 nitrogen and oxygen atoms in total. The summed E-state index contributed by atoms with van der Waals surface area (Å²) < 4.78 is 40.7. The molecular weight excluding hydrogens is 315 g/mol. The van der Waals surface area contributed by atoms with Crippen LogP contribution in [-0.2, 0) is 11.3 Å². The van der Waals surface area contributed by atoms with Crippen LogP contribution in [-0.4, -0.2) is 43.8 Å². The maximum absolute atomic E-state index is 12.3. The second-order valence-corrected chi connectivity index (χ2v) is 4.80. The molecule has 9 heteroatoms. The van der Waals surface area contributed by atoms with Gasteiger partial charge < -0.3 is 20.3 Å². The number of hydrogen-bond donors (Lipinski definition) is 2. The Balaban J connectivity index is 2.46. The largest absolute Gasteiger partial charge is 0.573 e. The number of nitrogens with one attached hydrogen (secondary N) is 2. The lowest BCUT2D eigenvalue weighted by molar-refractivity contribution is -0.274. The molecule has 1 aromatic rings. The molecule has 0 fully saturated rings. The second kappa shape index (κ2) is 8.25. The van der Waals surface area contributed by atoms with E-state index in [9.17, 15) is 22.8 Å². The van der Waals surface area contributed by atoms with E-state index in [-0.39, 0.29) is 36.7 Å². The van der Waals surface area contributed by atoms with E-state index >= 15 is 0 Å². The van der Waals surface area contributed by atoms with Crippen LogP contribution in [0.3, 0.4) is 0 Å². The predicted octanol–water partition coefficient (Wildman–Crippen LogP) is 1.86. The quantitative estimate of drug-likeness (QED) is 0.835. The third-order valence-electron chi connectivity index (χ3n) is 2.76. The van der Waals surface area contributed by atoms with E-state index in [0.717, 1.165) is 6.07 Å². The Labute approximate surface area is 131 Å². The molecule has 0 spiro atoms. The van der Waals surface area contributed by atoms with E-state index in [1.165, 1.54) is 23.1 Å². The van der Waals surface area contributed by atoms with Crippen LogP contribution in [0.5, 0.6) is 5.75 Å². The van der Waals surface area contributed by atoms with Gasteiger partial charge >= 0.3 is 12.4 Å². The average molecular weight is 333 g/mol. The molecule has 1 aromatic carbocycles. The van der Waals surface area contributed by atoms with Gasteiger partial charge in [-0.15, -0.1) is 13.2 Å². The maximum atomic E-state index is 12.3. The van der Waals surface area contributed by atoms with Gasteiger partial charge in [0.1, 0.15) is 5.75 Å². The highest BCUT2D eigenvalue weighted by Crippen LogP contribution is 2.25. The van der Waals surface area contributed by atoms with Crippen molar-refractivity contribution in [3.8, 4) is 5.75 Å². The Morgan fingerprint density at radius 2 is 1.83 bits per heavy atom. The van der Waals surface area contributed by atoms with E-state index < -0.39 is 12.4 Å². The Morgan fingerprint density at radius 3 is 2.43 bits per heavy atom. The molecule has 128 valence electrons. The topological polar surface area (TPSA) is 70.7 Å². The molecule has 0 saturated heterocycles. The molecule has 1 rings (SSSR count). The van der Waals surface area contributed by atoms with Crippen LogP contribution >= 0.6 is 0 Å². The average Bonchev–Trinajstić information content (AvgIpc) is 2.44. The molecule has 0 aliphatic heterocycles. The highest BCUT2D eigenvalue weighted by atomic mass is 19.4. The normalized spacial score (nSPS) is 10.8. The van der Waals surface area contributed by atoms with Crippen LogP contribution in [0.15, 0.2) is 24.3 Å². The number of carbonyl (C=O) groups excluding carboxylic acids is 2. The van der Waals surface area contributed by atoms with Gasteiger partial charge in [-0.25, -0.2) is 4.79 Å². The van der Waals surface area contributed by atoms with Crippen molar-refractivity contribution in [2.24, 2.45) is 0 Å². The van der Waals surface area contributed by atoms with Crippen LogP contribution in [0.4, 0.5) is 18.0 Å². The summed E-state index contributed by atoms with van der Waals surface area (Å²) in [5, 5.41) is 4.85. The molecule has 0 bridgehead atoms. The van der Waals surface area contributed by atoms with Gasteiger partial charge in [0.2, 0.25) is 5.91 Å². The summed E-state index contributed by atoms with van der Waals surface area (Å²) >= 11 is 0. The summed E-state index contributed by atoms with van der Waals surface area (Å²) in [4.78, 5) is 24.3. The second-order valence-electron chi connectivity index (χ2n) is 4.80. The third kappa shape index (κ3) is 7.39. The van der Waals surface area contributed by atoms with Crippen molar-refractivity contribution in [3.63, 3.8) is 0 Å². The number of halogens is 3. The van der Waals surface area contributed by atoms with Crippen LogP contribution in [0.25, 0.3) is 0 Å². The van der Waals surface area contributed by atoms with Crippen molar-refractivity contribution >= 4 is 11.9 Å². The van der Waals surface area contributed by atoms with Gasteiger partial charge in [0.15, 0.2) is 0 Å². The molecule has 0 heterocycles. The number of ether oxygens (including phenoxy) is 1. The summed E-state index contributed by atoms with van der Waals surface area (Å²) in [6.07, 6.45) is -4.67. The summed E-state index contributed by atoms with van der Waals surface area (Å²) in [5.41, 5.74) is 0.185. The van der Waals surface area contributed by atoms with Crippen LogP contribution in [0.1, 0.15) is 12.0 Å². The van der Waals surface area contributed by atoms with Gasteiger partial charge in [-0.3, -0.25) is 4.79 Å². The number of urea groups is 1. The first-order chi connectivity index (χ1) is 10.7. The molecule has 0 atom stereocenters. The number of para-hydroxylation sites is 1. The van der Waals surface area contributed by atoms with Crippen molar-refractivity contribution in [2.75, 3.05) is 20.6 Å². The van der Waals surface area contributed by atoms with Gasteiger partial charge in [0.25, 0.3) is 0 Å². The van der Waals surface area contributed by atoms with Crippen molar-refractivity contribution < 1.29 is 27.5 Å². The first kappa shape index (κ1) is 18.6. The molecule has 0 saturated carbocycles. The van der Waals surface area contributed by atoms with Gasteiger partial charge in [-0.2, -0.15) is 0 Å². The lowest BCUT2D eigenvalue weighted by Crippen LogP contribution is -2.37. The minimum atomic E-state index is -4.80. The number of rotatable bonds is 6. The Kier molecular flexibility index (Phi) is 6.67. The Hall–Kier alpha value is -2.45. The Bertz CT molecular complexity index is 548. The van der Waals surface area contributed by atoms with Gasteiger partial charge in [-0.05, 0) is 6.07 Å². The number of carbonyl (C=O) groups is 2. The number of nitrogens with zero attached hydrogens (tertiary/aromatic N) is 1. The zero-order valence-corrected chi connectivity index (χ0v) is 12.7. The fourth-order valence-electron chi connectivity index (χ4n) is 1.62. The summed E-state index contributed by atoms with van der Waals surface area (Å²) in [6, 6.07) is 4.93. The highest BCUT2D eigenvalue weighted by Gasteiger charge is 2.31. The number of hydrogen-bond acceptors (Lipinski definition) is 3. The molecule has 2 N–H and O–H groups in total. The lowest BCUT2D eigenvalue weighted by Gasteiger charge is -2.14. The molecule has 0 aliphatic carbocycles. The smallest absolute Gasteiger partial charge is 0.405 e. The van der Waals surface area contributed by atoms with Crippen molar-refractivity contribution in [2.45, 2.75) is 19.3 Å². The zero-order valence-electron chi connectivity index (χ0n) is 12.7. The molecule has 23 heavy (non-hydrogen) atoms. The molecule has 0 radical (unpaired) electrons. The van der Waals surface area contributed by atoms with Gasteiger partial charge in [0, 0.05) is 39.2 Å². The number of alkyl halides is 3. The number of benzene rings is 1. The molecule has 0 aliphatic rings. The molecule has 3 amide bonds. The van der Waals surface area contributed by atoms with E-state index in [1.54, 1.807) is 14.1 Å². The standard InChI is InChI=1S/C14H18F3N3O3/c1-20(2)12(21)7-8-18-13(22)19-9-10-5-3-4-6-11(10)23-14(15,16)17/h3-6H,7-9H2,1-2H3,(H2,18,19,22). The van der Waals surface area contributed by atoms with Gasteiger partial charge in [-0.1, -0.05) is 18.2 Å². The summed E-state index contributed by atoms with van der Waals surface area (Å²) in [5.74, 6) is -0.516. The van der Waals surface area contributed by atoms with E-state index in [2.05, 4.69) is 15.4 Å². The highest BCUT2D eigenvalue weighted by molar-refractivity contribution is 5.77. The third-order valence-corrected chi connectivity index (χ3v) is 2.76. The molecular formula is C14H18F3N3O3. The zero-order chi connectivity index (χ0) is 17.5. The predicted molar refractivity (Wildman–Crippen MR) is 76.7 cm³/mol. The monoisotopic (exact) mass is 333 g/mol. The van der Waals surface area contributed by atoms with Crippen molar-refractivity contribution in [1.82, 2.24) is 15.5 Å². The van der Waals surface area contributed by atoms with E-state index in [4.69, 9.17) is 0 Å². The van der Waals surface area contributed by atoms with E-state index in [0.29, 0.717) is 0 Å². The first-order valence-corrected chi connectivity index (χ1v) is 6.74. The van der Waals surface area contributed by atoms with Crippen LogP contribution in [0, 0.1) is 0 Å². The fraction of sp³-hybridized carbons (Fsp3) is 0.429.